The Bertz CT molecular complexity index is 1170. The van der Waals surface area contributed by atoms with Crippen molar-refractivity contribution in [2.45, 2.75) is 38.6 Å². The molecule has 1 heterocycles. The topological polar surface area (TPSA) is 110 Å². The predicted octanol–water partition coefficient (Wildman–Crippen LogP) is 4.76. The van der Waals surface area contributed by atoms with Crippen molar-refractivity contribution in [2.75, 3.05) is 0 Å². The van der Waals surface area contributed by atoms with Gasteiger partial charge in [-0.25, -0.2) is 15.4 Å². The molecule has 8 nitrogen and oxygen atoms in total. The number of aromatic nitrogens is 2. The van der Waals surface area contributed by atoms with Crippen molar-refractivity contribution in [1.29, 1.82) is 0 Å². The number of aryl methyl sites for hydroxylation is 3. The van der Waals surface area contributed by atoms with Crippen LogP contribution in [0.15, 0.2) is 58.8 Å². The third kappa shape index (κ3) is 5.98. The van der Waals surface area contributed by atoms with Gasteiger partial charge >= 0.3 is 0 Å². The Balaban J connectivity index is 1.62. The summed E-state index contributed by atoms with van der Waals surface area (Å²) >= 11 is 1.54. The molecule has 3 aromatic rings. The van der Waals surface area contributed by atoms with Gasteiger partial charge in [-0.1, -0.05) is 36.0 Å². The fourth-order valence-corrected chi connectivity index (χ4v) is 3.86. The summed E-state index contributed by atoms with van der Waals surface area (Å²) in [5, 5.41) is 15.9. The summed E-state index contributed by atoms with van der Waals surface area (Å²) in [6.45, 7) is 7.24. The van der Waals surface area contributed by atoms with E-state index in [9.17, 15) is 14.9 Å². The van der Waals surface area contributed by atoms with Crippen LogP contribution in [-0.2, 0) is 5.75 Å². The number of nitro groups is 1. The quantitative estimate of drug-likeness (QED) is 0.183. The number of rotatable bonds is 7. The summed E-state index contributed by atoms with van der Waals surface area (Å²) in [6.07, 6.45) is 0. The number of carbonyl (C=O) groups excluding carboxylic acids is 1. The molecule has 1 amide bonds. The number of thioether (sulfide) groups is 1. The van der Waals surface area contributed by atoms with Gasteiger partial charge in [0.1, 0.15) is 0 Å². The molecular weight excluding hydrogens is 426 g/mol. The Morgan fingerprint density at radius 2 is 1.66 bits per heavy atom. The van der Waals surface area contributed by atoms with Gasteiger partial charge in [0.2, 0.25) is 0 Å². The first-order valence-electron chi connectivity index (χ1n) is 9.87. The number of hydrazone groups is 1. The van der Waals surface area contributed by atoms with Gasteiger partial charge in [-0.2, -0.15) is 5.10 Å². The highest BCUT2D eigenvalue weighted by Crippen LogP contribution is 2.21. The molecule has 3 rings (SSSR count). The third-order valence-corrected chi connectivity index (χ3v) is 5.61. The zero-order valence-electron chi connectivity index (χ0n) is 18.2. The summed E-state index contributed by atoms with van der Waals surface area (Å²) in [5.41, 5.74) is 7.51. The summed E-state index contributed by atoms with van der Waals surface area (Å²) in [5.74, 6) is 0.330. The lowest BCUT2D eigenvalue weighted by Gasteiger charge is -2.06. The molecule has 0 atom stereocenters. The van der Waals surface area contributed by atoms with Crippen LogP contribution in [0.2, 0.25) is 0 Å². The molecule has 164 valence electrons. The Hall–Kier alpha value is -3.59. The first-order valence-corrected chi connectivity index (χ1v) is 10.9. The summed E-state index contributed by atoms with van der Waals surface area (Å²) < 4.78 is 0. The Morgan fingerprint density at radius 3 is 2.28 bits per heavy atom. The Morgan fingerprint density at radius 1 is 1.03 bits per heavy atom. The summed E-state index contributed by atoms with van der Waals surface area (Å²) in [4.78, 5) is 31.9. The fraction of sp³-hybridized carbons (Fsp3) is 0.217. The maximum Gasteiger partial charge on any atom is 0.272 e. The van der Waals surface area contributed by atoms with Crippen molar-refractivity contribution in [2.24, 2.45) is 5.10 Å². The van der Waals surface area contributed by atoms with Gasteiger partial charge in [0.15, 0.2) is 5.16 Å². The highest BCUT2D eigenvalue weighted by molar-refractivity contribution is 7.98. The molecular formula is C23H23N5O3S. The van der Waals surface area contributed by atoms with Gasteiger partial charge in [0, 0.05) is 39.9 Å². The van der Waals surface area contributed by atoms with E-state index in [0.29, 0.717) is 28.2 Å². The molecule has 0 fully saturated rings. The number of amides is 1. The van der Waals surface area contributed by atoms with Crippen LogP contribution in [0.1, 0.15) is 45.4 Å². The van der Waals surface area contributed by atoms with E-state index in [4.69, 9.17) is 0 Å². The third-order valence-electron chi connectivity index (χ3n) is 4.69. The summed E-state index contributed by atoms with van der Waals surface area (Å²) in [7, 11) is 0. The van der Waals surface area contributed by atoms with E-state index in [1.54, 1.807) is 38.1 Å². The molecule has 0 bridgehead atoms. The molecule has 32 heavy (non-hydrogen) atoms. The standard InChI is InChI=1S/C23H23N5O3S/c1-14-5-8-20(12-21(14)28(30)31)17(4)26-27-22(29)19-9-6-18(7-10-19)13-32-23-24-15(2)11-16(3)25-23/h5-12H,13H2,1-4H3,(H,27,29)/b26-17+. The zero-order valence-corrected chi connectivity index (χ0v) is 19.1. The van der Waals surface area contributed by atoms with Crippen LogP contribution in [0.4, 0.5) is 5.69 Å². The number of nitro benzene ring substituents is 1. The van der Waals surface area contributed by atoms with Gasteiger partial charge in [-0.3, -0.25) is 14.9 Å². The number of nitrogens with one attached hydrogen (secondary N) is 1. The number of hydrogen-bond acceptors (Lipinski definition) is 7. The molecule has 0 spiro atoms. The van der Waals surface area contributed by atoms with E-state index in [1.807, 2.05) is 32.0 Å². The molecule has 0 saturated heterocycles. The van der Waals surface area contributed by atoms with E-state index < -0.39 is 4.92 Å². The van der Waals surface area contributed by atoms with Crippen LogP contribution in [0, 0.1) is 30.9 Å². The minimum atomic E-state index is -0.434. The molecule has 0 aliphatic carbocycles. The van der Waals surface area contributed by atoms with E-state index in [0.717, 1.165) is 22.1 Å². The van der Waals surface area contributed by atoms with Crippen LogP contribution in [0.5, 0.6) is 0 Å². The van der Waals surface area contributed by atoms with Crippen LogP contribution in [0.25, 0.3) is 0 Å². The first kappa shape index (κ1) is 23.1. The van der Waals surface area contributed by atoms with Gasteiger partial charge < -0.3 is 0 Å². The Labute approximate surface area is 190 Å². The molecule has 0 aliphatic rings. The number of hydrogen-bond donors (Lipinski definition) is 1. The molecule has 0 saturated carbocycles. The van der Waals surface area contributed by atoms with Crippen LogP contribution in [-0.4, -0.2) is 26.5 Å². The molecule has 9 heteroatoms. The minimum Gasteiger partial charge on any atom is -0.267 e. The SMILES string of the molecule is C/C(=N\NC(=O)c1ccc(CSc2nc(C)cc(C)n2)cc1)c1ccc(C)c([N+](=O)[O-])c1. The largest absolute Gasteiger partial charge is 0.272 e. The van der Waals surface area contributed by atoms with Crippen molar-refractivity contribution in [3.63, 3.8) is 0 Å². The number of carbonyl (C=O) groups is 1. The minimum absolute atomic E-state index is 0.0167. The van der Waals surface area contributed by atoms with Gasteiger partial charge in [-0.05, 0) is 51.5 Å². The fourth-order valence-electron chi connectivity index (χ4n) is 2.95. The van der Waals surface area contributed by atoms with Crippen LogP contribution < -0.4 is 5.43 Å². The smallest absolute Gasteiger partial charge is 0.267 e. The second-order valence-corrected chi connectivity index (χ2v) is 8.26. The van der Waals surface area contributed by atoms with E-state index in [1.165, 1.54) is 17.8 Å². The lowest BCUT2D eigenvalue weighted by atomic mass is 10.1. The monoisotopic (exact) mass is 449 g/mol. The van der Waals surface area contributed by atoms with E-state index in [2.05, 4.69) is 20.5 Å². The molecule has 1 aromatic heterocycles. The summed E-state index contributed by atoms with van der Waals surface area (Å²) in [6, 6.07) is 14.0. The van der Waals surface area contributed by atoms with Crippen molar-refractivity contribution in [1.82, 2.24) is 15.4 Å². The lowest BCUT2D eigenvalue weighted by Crippen LogP contribution is -2.19. The van der Waals surface area contributed by atoms with Gasteiger partial charge in [-0.15, -0.1) is 0 Å². The van der Waals surface area contributed by atoms with Crippen LogP contribution >= 0.6 is 11.8 Å². The molecule has 0 unspecified atom stereocenters. The second-order valence-electron chi connectivity index (χ2n) is 7.32. The highest BCUT2D eigenvalue weighted by atomic mass is 32.2. The van der Waals surface area contributed by atoms with Gasteiger partial charge in [0.25, 0.3) is 11.6 Å². The van der Waals surface area contributed by atoms with E-state index in [-0.39, 0.29) is 11.6 Å². The average Bonchev–Trinajstić information content (AvgIpc) is 2.75. The molecule has 2 aromatic carbocycles. The van der Waals surface area contributed by atoms with Crippen molar-refractivity contribution >= 4 is 29.1 Å². The average molecular weight is 450 g/mol. The van der Waals surface area contributed by atoms with E-state index >= 15 is 0 Å². The van der Waals surface area contributed by atoms with Crippen molar-refractivity contribution < 1.29 is 9.72 Å². The van der Waals surface area contributed by atoms with Crippen LogP contribution in [0.3, 0.4) is 0 Å². The first-order chi connectivity index (χ1) is 15.2. The predicted molar refractivity (Wildman–Crippen MR) is 125 cm³/mol. The second kappa shape index (κ2) is 10.1. The highest BCUT2D eigenvalue weighted by Gasteiger charge is 2.13. The van der Waals surface area contributed by atoms with Crippen molar-refractivity contribution in [3.8, 4) is 0 Å². The molecule has 0 aliphatic heterocycles. The molecule has 0 radical (unpaired) electrons. The number of nitrogens with zero attached hydrogens (tertiary/aromatic N) is 4. The van der Waals surface area contributed by atoms with Gasteiger partial charge in [0.05, 0.1) is 10.6 Å². The molecule has 1 N–H and O–H groups in total. The van der Waals surface area contributed by atoms with Crippen molar-refractivity contribution in [3.05, 3.63) is 92.3 Å². The maximum absolute atomic E-state index is 12.4. The maximum atomic E-state index is 12.4. The lowest BCUT2D eigenvalue weighted by molar-refractivity contribution is -0.385. The normalized spacial score (nSPS) is 11.3. The number of benzene rings is 2. The zero-order chi connectivity index (χ0) is 23.3. The Kier molecular flexibility index (Phi) is 7.32.